The first-order chi connectivity index (χ1) is 9.27. The number of aromatic carboxylic acids is 1. The van der Waals surface area contributed by atoms with Crippen LogP contribution in [0.3, 0.4) is 0 Å². The van der Waals surface area contributed by atoms with Crippen LogP contribution in [0.15, 0.2) is 12.1 Å². The Kier molecular flexibility index (Phi) is 4.73. The monoisotopic (exact) mass is 287 g/mol. The number of amides is 1. The second-order valence-electron chi connectivity index (χ2n) is 3.84. The average molecular weight is 287 g/mol. The Hall–Kier alpha value is -2.51. The van der Waals surface area contributed by atoms with E-state index in [0.717, 1.165) is 7.11 Å². The number of carboxylic acid groups (broad SMARTS) is 1. The summed E-state index contributed by atoms with van der Waals surface area (Å²) in [6, 6.07) is -0.213. The lowest BCUT2D eigenvalue weighted by atomic mass is 10.1. The van der Waals surface area contributed by atoms with Gasteiger partial charge < -0.3 is 15.2 Å². The number of hydrogen-bond donors (Lipinski definition) is 2. The molecule has 8 heteroatoms. The summed E-state index contributed by atoms with van der Waals surface area (Å²) in [5.41, 5.74) is -1.30. The molecule has 0 bridgehead atoms. The highest BCUT2D eigenvalue weighted by molar-refractivity contribution is 6.05. The third kappa shape index (κ3) is 3.28. The molecule has 20 heavy (non-hydrogen) atoms. The Morgan fingerprint density at radius 3 is 2.15 bits per heavy atom. The summed E-state index contributed by atoms with van der Waals surface area (Å²) in [6.45, 7) is 1.30. The fourth-order valence-corrected chi connectivity index (χ4v) is 1.42. The number of carboxylic acids is 1. The molecule has 1 rings (SSSR count). The van der Waals surface area contributed by atoms with E-state index in [4.69, 9.17) is 5.11 Å². The molecule has 2 N–H and O–H groups in total. The van der Waals surface area contributed by atoms with Gasteiger partial charge >= 0.3 is 11.9 Å². The van der Waals surface area contributed by atoms with Gasteiger partial charge in [0.1, 0.15) is 6.04 Å². The molecule has 0 spiro atoms. The van der Waals surface area contributed by atoms with Crippen LogP contribution in [-0.4, -0.2) is 36.1 Å². The fraction of sp³-hybridized carbons (Fsp3) is 0.250. The van der Waals surface area contributed by atoms with Crippen LogP contribution in [0.4, 0.5) is 8.78 Å². The van der Waals surface area contributed by atoms with Gasteiger partial charge in [0.05, 0.1) is 18.2 Å². The molecule has 0 aliphatic rings. The van der Waals surface area contributed by atoms with E-state index in [9.17, 15) is 23.2 Å². The zero-order valence-corrected chi connectivity index (χ0v) is 10.6. The Morgan fingerprint density at radius 1 is 1.20 bits per heavy atom. The summed E-state index contributed by atoms with van der Waals surface area (Å²) in [6.07, 6.45) is 0. The molecule has 0 radical (unpaired) electrons. The molecule has 6 nitrogen and oxygen atoms in total. The third-order valence-corrected chi connectivity index (χ3v) is 2.44. The van der Waals surface area contributed by atoms with E-state index in [0.29, 0.717) is 12.1 Å². The minimum absolute atomic E-state index is 0.398. The number of nitrogens with one attached hydrogen (secondary N) is 1. The normalized spacial score (nSPS) is 11.6. The molecule has 1 amide bonds. The number of methoxy groups -OCH3 is 1. The first kappa shape index (κ1) is 15.5. The molecule has 108 valence electrons. The highest BCUT2D eigenvalue weighted by Crippen LogP contribution is 2.15. The number of carbonyl (C=O) groups is 3. The zero-order valence-electron chi connectivity index (χ0n) is 10.6. The molecular formula is C12H11F2NO5. The Morgan fingerprint density at radius 2 is 1.70 bits per heavy atom. The number of hydrogen-bond acceptors (Lipinski definition) is 4. The molecule has 0 aromatic heterocycles. The highest BCUT2D eigenvalue weighted by atomic mass is 19.2. The van der Waals surface area contributed by atoms with Crippen LogP contribution < -0.4 is 5.32 Å². The smallest absolute Gasteiger partial charge is 0.336 e. The molecular weight excluding hydrogens is 276 g/mol. The van der Waals surface area contributed by atoms with E-state index in [-0.39, 0.29) is 0 Å². The van der Waals surface area contributed by atoms with E-state index in [2.05, 4.69) is 10.1 Å². The first-order valence-electron chi connectivity index (χ1n) is 5.39. The van der Waals surface area contributed by atoms with Gasteiger partial charge in [-0.3, -0.25) is 4.79 Å². The lowest BCUT2D eigenvalue weighted by molar-refractivity contribution is -0.142. The van der Waals surface area contributed by atoms with Crippen molar-refractivity contribution in [1.29, 1.82) is 0 Å². The molecule has 1 unspecified atom stereocenters. The van der Waals surface area contributed by atoms with Gasteiger partial charge in [0.15, 0.2) is 11.6 Å². The predicted octanol–water partition coefficient (Wildman–Crippen LogP) is 0.954. The molecule has 1 atom stereocenters. The molecule has 0 fully saturated rings. The second-order valence-corrected chi connectivity index (χ2v) is 3.84. The first-order valence-corrected chi connectivity index (χ1v) is 5.39. The highest BCUT2D eigenvalue weighted by Gasteiger charge is 2.23. The lowest BCUT2D eigenvalue weighted by Crippen LogP contribution is -2.39. The Balaban J connectivity index is 3.12. The molecule has 0 saturated carbocycles. The second kappa shape index (κ2) is 6.09. The van der Waals surface area contributed by atoms with Gasteiger partial charge in [-0.2, -0.15) is 0 Å². The zero-order chi connectivity index (χ0) is 15.4. The molecule has 0 heterocycles. The van der Waals surface area contributed by atoms with Gasteiger partial charge in [-0.25, -0.2) is 18.4 Å². The van der Waals surface area contributed by atoms with Gasteiger partial charge in [-0.15, -0.1) is 0 Å². The largest absolute Gasteiger partial charge is 0.478 e. The van der Waals surface area contributed by atoms with Gasteiger partial charge in [-0.1, -0.05) is 0 Å². The van der Waals surface area contributed by atoms with E-state index < -0.39 is 46.6 Å². The summed E-state index contributed by atoms with van der Waals surface area (Å²) in [4.78, 5) is 33.8. The van der Waals surface area contributed by atoms with Crippen molar-refractivity contribution in [1.82, 2.24) is 5.32 Å². The van der Waals surface area contributed by atoms with Crippen LogP contribution >= 0.6 is 0 Å². The van der Waals surface area contributed by atoms with Gasteiger partial charge in [-0.05, 0) is 19.1 Å². The van der Waals surface area contributed by atoms with E-state index in [1.807, 2.05) is 0 Å². The molecule has 0 saturated heterocycles. The minimum atomic E-state index is -1.60. The van der Waals surface area contributed by atoms with Crippen molar-refractivity contribution in [2.24, 2.45) is 0 Å². The van der Waals surface area contributed by atoms with Crippen molar-refractivity contribution in [3.8, 4) is 0 Å². The molecule has 1 aromatic carbocycles. The maximum Gasteiger partial charge on any atom is 0.336 e. The SMILES string of the molecule is COC(=O)C(C)NC(=O)c1cc(F)c(F)cc1C(=O)O. The lowest BCUT2D eigenvalue weighted by Gasteiger charge is -2.13. The molecule has 0 aliphatic carbocycles. The van der Waals surface area contributed by atoms with Crippen LogP contribution in [0.25, 0.3) is 0 Å². The third-order valence-electron chi connectivity index (χ3n) is 2.44. The maximum atomic E-state index is 13.1. The van der Waals surface area contributed by atoms with Crippen LogP contribution in [0.1, 0.15) is 27.6 Å². The minimum Gasteiger partial charge on any atom is -0.478 e. The van der Waals surface area contributed by atoms with Crippen molar-refractivity contribution >= 4 is 17.8 Å². The topological polar surface area (TPSA) is 92.7 Å². The van der Waals surface area contributed by atoms with Crippen molar-refractivity contribution in [2.75, 3.05) is 7.11 Å². The number of ether oxygens (including phenoxy) is 1. The van der Waals surface area contributed by atoms with Crippen molar-refractivity contribution < 1.29 is 33.0 Å². The summed E-state index contributed by atoms with van der Waals surface area (Å²) in [5, 5.41) is 11.0. The predicted molar refractivity (Wildman–Crippen MR) is 62.3 cm³/mol. The van der Waals surface area contributed by atoms with Crippen molar-refractivity contribution in [3.63, 3.8) is 0 Å². The number of esters is 1. The molecule has 0 aliphatic heterocycles. The van der Waals surface area contributed by atoms with E-state index >= 15 is 0 Å². The summed E-state index contributed by atoms with van der Waals surface area (Å²) in [7, 11) is 1.10. The van der Waals surface area contributed by atoms with Crippen LogP contribution in [-0.2, 0) is 9.53 Å². The van der Waals surface area contributed by atoms with Crippen molar-refractivity contribution in [2.45, 2.75) is 13.0 Å². The average Bonchev–Trinajstić information content (AvgIpc) is 2.39. The van der Waals surface area contributed by atoms with Crippen LogP contribution in [0.5, 0.6) is 0 Å². The standard InChI is InChI=1S/C12H11F2NO5/c1-5(12(19)20-2)15-10(16)6-3-8(13)9(14)4-7(6)11(17)18/h3-5H,1-2H3,(H,15,16)(H,17,18). The van der Waals surface area contributed by atoms with Crippen LogP contribution in [0.2, 0.25) is 0 Å². The van der Waals surface area contributed by atoms with Crippen molar-refractivity contribution in [3.05, 3.63) is 34.9 Å². The van der Waals surface area contributed by atoms with E-state index in [1.54, 1.807) is 0 Å². The quantitative estimate of drug-likeness (QED) is 0.804. The number of halogens is 2. The van der Waals surface area contributed by atoms with Gasteiger partial charge in [0, 0.05) is 0 Å². The number of benzene rings is 1. The maximum absolute atomic E-state index is 13.1. The fourth-order valence-electron chi connectivity index (χ4n) is 1.42. The number of rotatable bonds is 4. The van der Waals surface area contributed by atoms with Crippen LogP contribution in [0, 0.1) is 11.6 Å². The summed E-state index contributed by atoms with van der Waals surface area (Å²) in [5.74, 6) is -6.15. The number of carbonyl (C=O) groups excluding carboxylic acids is 2. The Bertz CT molecular complexity index is 573. The Labute approximate surface area is 112 Å². The van der Waals surface area contributed by atoms with Gasteiger partial charge in [0.25, 0.3) is 5.91 Å². The summed E-state index contributed by atoms with van der Waals surface area (Å²) < 4.78 is 30.5. The van der Waals surface area contributed by atoms with E-state index in [1.165, 1.54) is 6.92 Å². The van der Waals surface area contributed by atoms with Gasteiger partial charge in [0.2, 0.25) is 0 Å². The molecule has 1 aromatic rings. The summed E-state index contributed by atoms with van der Waals surface area (Å²) >= 11 is 0.